The largest absolute Gasteiger partial charge is 0.471 e. The van der Waals surface area contributed by atoms with E-state index in [1.165, 1.54) is 6.92 Å². The standard InChI is InChI=1S/C21H22F5N3O4/c1-11-6-14(8-15(27-11)7-12(2)30)13(3)28-19(31)16-4-5-18(33-10-21(24,25)26)29-20(16)32-9-17(22)23/h4-6,8,13,17H,7,9-10H2,1-3H3,(H,28,31). The molecule has 12 heteroatoms. The van der Waals surface area contributed by atoms with Crippen molar-refractivity contribution in [2.24, 2.45) is 0 Å². The fourth-order valence-corrected chi connectivity index (χ4v) is 2.80. The monoisotopic (exact) mass is 475 g/mol. The molecule has 0 saturated carbocycles. The molecule has 0 saturated heterocycles. The van der Waals surface area contributed by atoms with E-state index in [1.807, 2.05) is 0 Å². The number of pyridine rings is 2. The van der Waals surface area contributed by atoms with Crippen LogP contribution in [0.15, 0.2) is 24.3 Å². The van der Waals surface area contributed by atoms with Gasteiger partial charge < -0.3 is 14.8 Å². The quantitative estimate of drug-likeness (QED) is 0.523. The van der Waals surface area contributed by atoms with Gasteiger partial charge in [0.2, 0.25) is 11.8 Å². The number of hydrogen-bond acceptors (Lipinski definition) is 6. The zero-order valence-corrected chi connectivity index (χ0v) is 18.0. The Morgan fingerprint density at radius 3 is 2.42 bits per heavy atom. The van der Waals surface area contributed by atoms with Gasteiger partial charge in [-0.15, -0.1) is 0 Å². The highest BCUT2D eigenvalue weighted by molar-refractivity contribution is 5.96. The number of rotatable bonds is 10. The van der Waals surface area contributed by atoms with Gasteiger partial charge in [0.1, 0.15) is 11.3 Å². The summed E-state index contributed by atoms with van der Waals surface area (Å²) in [5.41, 5.74) is 1.52. The summed E-state index contributed by atoms with van der Waals surface area (Å²) in [7, 11) is 0. The minimum atomic E-state index is -4.64. The number of nitrogens with zero attached hydrogens (tertiary/aromatic N) is 2. The van der Waals surface area contributed by atoms with E-state index in [2.05, 4.69) is 20.0 Å². The Kier molecular flexibility index (Phi) is 8.66. The smallest absolute Gasteiger partial charge is 0.422 e. The number of carbonyl (C=O) groups excluding carboxylic acids is 2. The number of carbonyl (C=O) groups is 2. The highest BCUT2D eigenvalue weighted by atomic mass is 19.4. The van der Waals surface area contributed by atoms with Crippen LogP contribution in [0.4, 0.5) is 22.0 Å². The number of ether oxygens (including phenoxy) is 2. The van der Waals surface area contributed by atoms with Crippen LogP contribution >= 0.6 is 0 Å². The molecule has 0 aliphatic heterocycles. The first-order chi connectivity index (χ1) is 15.3. The average molecular weight is 475 g/mol. The zero-order chi connectivity index (χ0) is 24.8. The molecule has 2 heterocycles. The highest BCUT2D eigenvalue weighted by Gasteiger charge is 2.29. The molecule has 0 aromatic carbocycles. The molecule has 0 bridgehead atoms. The van der Waals surface area contributed by atoms with Gasteiger partial charge in [-0.05, 0) is 44.5 Å². The summed E-state index contributed by atoms with van der Waals surface area (Å²) >= 11 is 0. The summed E-state index contributed by atoms with van der Waals surface area (Å²) in [5, 5.41) is 2.64. The Morgan fingerprint density at radius 2 is 1.82 bits per heavy atom. The Hall–Kier alpha value is -3.31. The van der Waals surface area contributed by atoms with Gasteiger partial charge in [-0.3, -0.25) is 14.6 Å². The van der Waals surface area contributed by atoms with Gasteiger partial charge in [-0.1, -0.05) is 0 Å². The maximum atomic E-state index is 12.8. The van der Waals surface area contributed by atoms with E-state index in [0.717, 1.165) is 12.1 Å². The van der Waals surface area contributed by atoms with E-state index in [4.69, 9.17) is 4.74 Å². The van der Waals surface area contributed by atoms with E-state index in [1.54, 1.807) is 26.0 Å². The lowest BCUT2D eigenvalue weighted by Crippen LogP contribution is -2.28. The van der Waals surface area contributed by atoms with Crippen molar-refractivity contribution in [2.45, 2.75) is 45.8 Å². The number of hydrogen-bond donors (Lipinski definition) is 1. The Balaban J connectivity index is 2.24. The Labute approximate surface area is 186 Å². The molecule has 0 radical (unpaired) electrons. The number of amides is 1. The van der Waals surface area contributed by atoms with Crippen LogP contribution in [0, 0.1) is 6.92 Å². The summed E-state index contributed by atoms with van der Waals surface area (Å²) in [6.45, 7) is 2.02. The number of aromatic nitrogens is 2. The molecule has 2 aromatic rings. The van der Waals surface area contributed by atoms with Gasteiger partial charge in [0.05, 0.1) is 6.04 Å². The van der Waals surface area contributed by atoms with E-state index in [9.17, 15) is 31.5 Å². The SMILES string of the molecule is CC(=O)Cc1cc(C(C)NC(=O)c2ccc(OCC(F)(F)F)nc2OCC(F)F)cc(C)n1. The summed E-state index contributed by atoms with van der Waals surface area (Å²) in [6, 6.07) is 4.84. The van der Waals surface area contributed by atoms with Gasteiger partial charge in [-0.25, -0.2) is 8.78 Å². The van der Waals surface area contributed by atoms with Gasteiger partial charge in [-0.2, -0.15) is 18.2 Å². The second-order valence-corrected chi connectivity index (χ2v) is 7.22. The highest BCUT2D eigenvalue weighted by Crippen LogP contribution is 2.24. The molecular weight excluding hydrogens is 453 g/mol. The van der Waals surface area contributed by atoms with Crippen molar-refractivity contribution in [1.82, 2.24) is 15.3 Å². The number of halogens is 5. The fraction of sp³-hybridized carbons (Fsp3) is 0.429. The molecule has 0 fully saturated rings. The number of aryl methyl sites for hydroxylation is 1. The molecule has 7 nitrogen and oxygen atoms in total. The molecule has 2 aromatic heterocycles. The summed E-state index contributed by atoms with van der Waals surface area (Å²) in [4.78, 5) is 32.0. The topological polar surface area (TPSA) is 90.4 Å². The predicted octanol–water partition coefficient (Wildman–Crippen LogP) is 3.99. The maximum absolute atomic E-state index is 12.8. The lowest BCUT2D eigenvalue weighted by molar-refractivity contribution is -0.154. The van der Waals surface area contributed by atoms with E-state index >= 15 is 0 Å². The second-order valence-electron chi connectivity index (χ2n) is 7.22. The van der Waals surface area contributed by atoms with E-state index in [-0.39, 0.29) is 17.8 Å². The molecule has 0 aliphatic rings. The van der Waals surface area contributed by atoms with Crippen LogP contribution in [0.1, 0.15) is 47.2 Å². The lowest BCUT2D eigenvalue weighted by atomic mass is 10.0. The van der Waals surface area contributed by atoms with E-state index < -0.39 is 49.5 Å². The first-order valence-electron chi connectivity index (χ1n) is 9.73. The number of ketones is 1. The third-order valence-electron chi connectivity index (χ3n) is 4.12. The summed E-state index contributed by atoms with van der Waals surface area (Å²) in [5.74, 6) is -1.98. The van der Waals surface area contributed by atoms with Gasteiger partial charge in [0, 0.05) is 23.9 Å². The van der Waals surface area contributed by atoms with Crippen molar-refractivity contribution >= 4 is 11.7 Å². The van der Waals surface area contributed by atoms with Crippen molar-refractivity contribution in [1.29, 1.82) is 0 Å². The Morgan fingerprint density at radius 1 is 1.12 bits per heavy atom. The van der Waals surface area contributed by atoms with Crippen LogP contribution < -0.4 is 14.8 Å². The maximum Gasteiger partial charge on any atom is 0.422 e. The minimum Gasteiger partial charge on any atom is -0.471 e. The molecule has 1 amide bonds. The molecule has 1 unspecified atom stereocenters. The average Bonchev–Trinajstić information content (AvgIpc) is 2.69. The molecular formula is C21H22F5N3O4. The van der Waals surface area contributed by atoms with Gasteiger partial charge in [0.15, 0.2) is 13.2 Å². The lowest BCUT2D eigenvalue weighted by Gasteiger charge is -2.18. The summed E-state index contributed by atoms with van der Waals surface area (Å²) in [6.07, 6.45) is -7.42. The van der Waals surface area contributed by atoms with Crippen LogP contribution in [0.25, 0.3) is 0 Å². The van der Waals surface area contributed by atoms with Crippen molar-refractivity contribution in [3.05, 3.63) is 46.8 Å². The minimum absolute atomic E-state index is 0.0875. The van der Waals surface area contributed by atoms with Crippen molar-refractivity contribution < 1.29 is 41.0 Å². The molecule has 180 valence electrons. The first-order valence-corrected chi connectivity index (χ1v) is 9.73. The third kappa shape index (κ3) is 8.62. The number of nitrogens with one attached hydrogen (secondary N) is 1. The Bertz CT molecular complexity index is 998. The predicted molar refractivity (Wildman–Crippen MR) is 107 cm³/mol. The molecule has 33 heavy (non-hydrogen) atoms. The first kappa shape index (κ1) is 25.9. The van der Waals surface area contributed by atoms with Crippen molar-refractivity contribution in [3.63, 3.8) is 0 Å². The van der Waals surface area contributed by atoms with Crippen molar-refractivity contribution in [3.8, 4) is 11.8 Å². The zero-order valence-electron chi connectivity index (χ0n) is 18.0. The summed E-state index contributed by atoms with van der Waals surface area (Å²) < 4.78 is 71.6. The van der Waals surface area contributed by atoms with Crippen LogP contribution in [0.3, 0.4) is 0 Å². The molecule has 2 rings (SSSR count). The van der Waals surface area contributed by atoms with Crippen LogP contribution in [0.2, 0.25) is 0 Å². The van der Waals surface area contributed by atoms with E-state index in [0.29, 0.717) is 17.0 Å². The molecule has 0 spiro atoms. The normalized spacial score (nSPS) is 12.4. The molecule has 1 atom stereocenters. The molecule has 0 aliphatic carbocycles. The van der Waals surface area contributed by atoms with Gasteiger partial charge >= 0.3 is 6.18 Å². The van der Waals surface area contributed by atoms with Crippen LogP contribution in [-0.2, 0) is 11.2 Å². The number of Topliss-reactive ketones (excluding diaryl/α,β-unsaturated/α-hetero) is 1. The second kappa shape index (κ2) is 11.0. The fourth-order valence-electron chi connectivity index (χ4n) is 2.80. The van der Waals surface area contributed by atoms with Crippen molar-refractivity contribution in [2.75, 3.05) is 13.2 Å². The third-order valence-corrected chi connectivity index (χ3v) is 4.12. The van der Waals surface area contributed by atoms with Crippen LogP contribution in [0.5, 0.6) is 11.8 Å². The van der Waals surface area contributed by atoms with Crippen LogP contribution in [-0.4, -0.2) is 47.5 Å². The number of alkyl halides is 5. The van der Waals surface area contributed by atoms with Gasteiger partial charge in [0.25, 0.3) is 12.3 Å². The molecule has 1 N–H and O–H groups in total.